The second kappa shape index (κ2) is 3.41. The van der Waals surface area contributed by atoms with Crippen molar-refractivity contribution >= 4 is 0 Å². The highest BCUT2D eigenvalue weighted by molar-refractivity contribution is 5.56. The van der Waals surface area contributed by atoms with Crippen LogP contribution in [0.1, 0.15) is 12.7 Å². The quantitative estimate of drug-likeness (QED) is 0.737. The Morgan fingerprint density at radius 3 is 2.64 bits per heavy atom. The summed E-state index contributed by atoms with van der Waals surface area (Å²) in [6.45, 7) is 1.53. The van der Waals surface area contributed by atoms with Crippen LogP contribution >= 0.6 is 0 Å². The number of hydrogen-bond acceptors (Lipinski definition) is 3. The van der Waals surface area contributed by atoms with Crippen LogP contribution in [0.5, 0.6) is 0 Å². The van der Waals surface area contributed by atoms with Crippen LogP contribution in [0.2, 0.25) is 0 Å². The van der Waals surface area contributed by atoms with Crippen LogP contribution in [0.15, 0.2) is 35.0 Å². The van der Waals surface area contributed by atoms with E-state index in [1.807, 2.05) is 0 Å². The second-order valence-corrected chi connectivity index (χ2v) is 2.59. The van der Waals surface area contributed by atoms with Gasteiger partial charge in [0.2, 0.25) is 0 Å². The van der Waals surface area contributed by atoms with Gasteiger partial charge >= 0.3 is 0 Å². The summed E-state index contributed by atoms with van der Waals surface area (Å²) in [5, 5.41) is 7.26. The van der Waals surface area contributed by atoms with Crippen LogP contribution in [0, 0.1) is 6.92 Å². The van der Waals surface area contributed by atoms with Gasteiger partial charge in [-0.05, 0) is 6.92 Å². The molecule has 0 aliphatic heterocycles. The maximum absolute atomic E-state index is 11.8. The van der Waals surface area contributed by atoms with Crippen LogP contribution in [0.4, 0.5) is 0 Å². The number of hydrogen-bond donors (Lipinski definition) is 1. The van der Waals surface area contributed by atoms with E-state index in [1.165, 1.54) is 6.92 Å². The summed E-state index contributed by atoms with van der Waals surface area (Å²) in [7, 11) is 0. The third kappa shape index (κ3) is 1.54. The fourth-order valence-corrected chi connectivity index (χ4v) is 0.951. The van der Waals surface area contributed by atoms with Crippen molar-refractivity contribution in [3.63, 3.8) is 0 Å². The molecule has 0 spiro atoms. The molecule has 0 saturated carbocycles. The standard InChI is InChI=1S/C10H9N3O/c1-7-11-10(14)9(13-12-7)8-5-3-2-4-6-8/h2-6H,1H3,(H,11,12,14)/i2D,3D,4D,5D,6D. The van der Waals surface area contributed by atoms with Gasteiger partial charge in [0.05, 0.1) is 6.85 Å². The Morgan fingerprint density at radius 1 is 1.29 bits per heavy atom. The molecule has 4 heteroatoms. The van der Waals surface area contributed by atoms with Gasteiger partial charge in [-0.1, -0.05) is 30.2 Å². The number of rotatable bonds is 1. The zero-order valence-corrected chi connectivity index (χ0v) is 7.30. The van der Waals surface area contributed by atoms with E-state index in [1.54, 1.807) is 0 Å². The molecule has 0 aliphatic rings. The van der Waals surface area contributed by atoms with Crippen molar-refractivity contribution in [2.24, 2.45) is 0 Å². The Morgan fingerprint density at radius 2 is 2.00 bits per heavy atom. The molecule has 70 valence electrons. The zero-order valence-electron chi connectivity index (χ0n) is 12.3. The minimum Gasteiger partial charge on any atom is -0.307 e. The Balaban J connectivity index is 2.87. The van der Waals surface area contributed by atoms with Crippen LogP contribution in [-0.4, -0.2) is 15.2 Å². The van der Waals surface area contributed by atoms with Gasteiger partial charge in [-0.2, -0.15) is 0 Å². The number of nitrogens with one attached hydrogen (secondary N) is 1. The van der Waals surface area contributed by atoms with Gasteiger partial charge in [0.1, 0.15) is 5.82 Å². The minimum absolute atomic E-state index is 0.250. The van der Waals surface area contributed by atoms with E-state index < -0.39 is 35.8 Å². The summed E-state index contributed by atoms with van der Waals surface area (Å²) in [4.78, 5) is 14.1. The lowest BCUT2D eigenvalue weighted by Crippen LogP contribution is -2.14. The van der Waals surface area contributed by atoms with Crippen LogP contribution in [0.3, 0.4) is 0 Å². The van der Waals surface area contributed by atoms with Crippen LogP contribution in [0.25, 0.3) is 11.3 Å². The lowest BCUT2D eigenvalue weighted by molar-refractivity contribution is 0.892. The third-order valence-corrected chi connectivity index (χ3v) is 1.55. The van der Waals surface area contributed by atoms with Gasteiger partial charge in [-0.15, -0.1) is 10.2 Å². The van der Waals surface area contributed by atoms with Crippen molar-refractivity contribution in [3.05, 3.63) is 46.4 Å². The average molecular weight is 192 g/mol. The van der Waals surface area contributed by atoms with E-state index in [0.29, 0.717) is 0 Å². The molecule has 0 unspecified atom stereocenters. The Kier molecular flexibility index (Phi) is 1.10. The minimum atomic E-state index is -0.647. The Labute approximate surface area is 87.7 Å². The molecule has 1 aromatic carbocycles. The molecule has 1 heterocycles. The van der Waals surface area contributed by atoms with Crippen molar-refractivity contribution in [2.75, 3.05) is 0 Å². The third-order valence-electron chi connectivity index (χ3n) is 1.55. The monoisotopic (exact) mass is 192 g/mol. The molecule has 0 fully saturated rings. The van der Waals surface area contributed by atoms with Gasteiger partial charge in [0.25, 0.3) is 5.56 Å². The SMILES string of the molecule is [2H]c1c([2H])c([2H])c(-c2nnc(C)[nH]c2=O)c([2H])c1[2H]. The topological polar surface area (TPSA) is 58.6 Å². The first kappa shape index (κ1) is 4.50. The summed E-state index contributed by atoms with van der Waals surface area (Å²) in [5.74, 6) is 0.279. The average Bonchev–Trinajstić information content (AvgIpc) is 2.37. The first-order valence-electron chi connectivity index (χ1n) is 6.35. The number of aromatic amines is 1. The predicted molar refractivity (Wildman–Crippen MR) is 52.8 cm³/mol. The number of nitrogens with zero attached hydrogens (tertiary/aromatic N) is 2. The van der Waals surface area contributed by atoms with Crippen molar-refractivity contribution < 1.29 is 6.85 Å². The maximum atomic E-state index is 11.8. The van der Waals surface area contributed by atoms with Crippen LogP contribution < -0.4 is 5.56 Å². The summed E-state index contributed by atoms with van der Waals surface area (Å²) in [5.41, 5.74) is -1.19. The second-order valence-electron chi connectivity index (χ2n) is 2.59. The molecule has 0 saturated heterocycles. The van der Waals surface area contributed by atoms with Gasteiger partial charge in [-0.25, -0.2) is 0 Å². The number of benzene rings is 1. The normalized spacial score (nSPS) is 15.1. The lowest BCUT2D eigenvalue weighted by Gasteiger charge is -1.97. The largest absolute Gasteiger partial charge is 0.307 e. The molecular formula is C10H9N3O. The molecule has 0 aliphatic carbocycles. The summed E-state index contributed by atoms with van der Waals surface area (Å²) in [6, 6.07) is -2.50. The van der Waals surface area contributed by atoms with E-state index in [9.17, 15) is 4.79 Å². The first-order chi connectivity index (χ1) is 8.84. The highest BCUT2D eigenvalue weighted by Gasteiger charge is 2.04. The first-order valence-corrected chi connectivity index (χ1v) is 3.85. The summed E-state index contributed by atoms with van der Waals surface area (Å²) < 4.78 is 38.0. The molecule has 0 amide bonds. The fourth-order valence-electron chi connectivity index (χ4n) is 0.951. The molecule has 2 aromatic rings. The molecule has 0 radical (unpaired) electrons. The fraction of sp³-hybridized carbons (Fsp3) is 0.100. The van der Waals surface area contributed by atoms with E-state index in [0.717, 1.165) is 0 Å². The number of aryl methyl sites for hydroxylation is 1. The van der Waals surface area contributed by atoms with E-state index in [2.05, 4.69) is 15.2 Å². The molecule has 14 heavy (non-hydrogen) atoms. The van der Waals surface area contributed by atoms with Crippen molar-refractivity contribution in [3.8, 4) is 11.3 Å². The highest BCUT2D eigenvalue weighted by Crippen LogP contribution is 2.09. The molecule has 1 aromatic heterocycles. The van der Waals surface area contributed by atoms with Gasteiger partial charge in [0, 0.05) is 5.56 Å². The van der Waals surface area contributed by atoms with E-state index in [4.69, 9.17) is 6.85 Å². The molecular weight excluding hydrogens is 178 g/mol. The number of H-pyrrole nitrogens is 1. The van der Waals surface area contributed by atoms with Crippen molar-refractivity contribution in [1.29, 1.82) is 0 Å². The van der Waals surface area contributed by atoms with Gasteiger partial charge < -0.3 is 4.98 Å². The molecule has 2 rings (SSSR count). The molecule has 0 bridgehead atoms. The number of aromatic nitrogens is 3. The van der Waals surface area contributed by atoms with Crippen molar-refractivity contribution in [1.82, 2.24) is 15.2 Å². The zero-order chi connectivity index (χ0) is 14.3. The lowest BCUT2D eigenvalue weighted by atomic mass is 10.2. The van der Waals surface area contributed by atoms with Gasteiger partial charge in [0.15, 0.2) is 5.69 Å². The summed E-state index contributed by atoms with van der Waals surface area (Å²) >= 11 is 0. The van der Waals surface area contributed by atoms with E-state index >= 15 is 0 Å². The molecule has 1 N–H and O–H groups in total. The van der Waals surface area contributed by atoms with E-state index in [-0.39, 0.29) is 17.1 Å². The van der Waals surface area contributed by atoms with Crippen LogP contribution in [-0.2, 0) is 0 Å². The summed E-state index contributed by atoms with van der Waals surface area (Å²) in [6.07, 6.45) is 0. The van der Waals surface area contributed by atoms with Gasteiger partial charge in [-0.3, -0.25) is 4.79 Å². The Hall–Kier alpha value is -1.97. The maximum Gasteiger partial charge on any atom is 0.277 e. The van der Waals surface area contributed by atoms with Crippen molar-refractivity contribution in [2.45, 2.75) is 6.92 Å². The smallest absolute Gasteiger partial charge is 0.277 e. The molecule has 0 atom stereocenters. The highest BCUT2D eigenvalue weighted by atomic mass is 16.1. The predicted octanol–water partition coefficient (Wildman–Crippen LogP) is 1.14. The Bertz CT molecular complexity index is 699. The molecule has 4 nitrogen and oxygen atoms in total.